The number of hydrogen-bond acceptors (Lipinski definition) is 5. The molecule has 0 rings (SSSR count). The predicted molar refractivity (Wildman–Crippen MR) is 250 cm³/mol. The Bertz CT molecular complexity index is 988. The first-order valence-corrected chi connectivity index (χ1v) is 24.9. The van der Waals surface area contributed by atoms with Gasteiger partial charge in [0.2, 0.25) is 5.91 Å². The Morgan fingerprint density at radius 1 is 0.483 bits per heavy atom. The maximum atomic E-state index is 12.4. The number of amides is 1. The monoisotopic (exact) mass is 814 g/mol. The summed E-state index contributed by atoms with van der Waals surface area (Å²) in [6, 6.07) is -0.650. The van der Waals surface area contributed by atoms with E-state index in [9.17, 15) is 19.8 Å². The van der Waals surface area contributed by atoms with Crippen LogP contribution in [-0.2, 0) is 14.3 Å². The lowest BCUT2D eigenvalue weighted by atomic mass is 10.0. The molecule has 0 spiro atoms. The van der Waals surface area contributed by atoms with Crippen molar-refractivity contribution in [3.63, 3.8) is 0 Å². The quantitative estimate of drug-likeness (QED) is 0.0323. The van der Waals surface area contributed by atoms with Gasteiger partial charge in [-0.05, 0) is 83.5 Å². The average Bonchev–Trinajstić information content (AvgIpc) is 3.22. The molecule has 0 heterocycles. The molecule has 3 N–H and O–H groups in total. The highest BCUT2D eigenvalue weighted by molar-refractivity contribution is 5.76. The molecular weight excluding hydrogens is 719 g/mol. The first-order valence-electron chi connectivity index (χ1n) is 24.9. The molecule has 338 valence electrons. The molecule has 58 heavy (non-hydrogen) atoms. The second-order valence-electron chi connectivity index (χ2n) is 16.8. The smallest absolute Gasteiger partial charge is 0.305 e. The minimum absolute atomic E-state index is 0.0492. The van der Waals surface area contributed by atoms with Crippen LogP contribution in [0.5, 0.6) is 0 Å². The minimum Gasteiger partial charge on any atom is -0.466 e. The second kappa shape index (κ2) is 47.5. The Labute approximate surface area is 359 Å². The van der Waals surface area contributed by atoms with Gasteiger partial charge < -0.3 is 20.3 Å². The molecule has 0 aromatic carbocycles. The highest BCUT2D eigenvalue weighted by Gasteiger charge is 2.18. The molecule has 0 saturated carbocycles. The molecule has 0 radical (unpaired) electrons. The van der Waals surface area contributed by atoms with Crippen LogP contribution in [0.3, 0.4) is 0 Å². The molecule has 0 aliphatic heterocycles. The summed E-state index contributed by atoms with van der Waals surface area (Å²) in [5, 5.41) is 23.0. The van der Waals surface area contributed by atoms with Crippen LogP contribution in [0, 0.1) is 0 Å². The number of allylic oxidation sites excluding steroid dienone is 7. The summed E-state index contributed by atoms with van der Waals surface area (Å²) in [7, 11) is 0. The van der Waals surface area contributed by atoms with Gasteiger partial charge in [-0.1, -0.05) is 197 Å². The Balaban J connectivity index is 3.59. The minimum atomic E-state index is -0.864. The van der Waals surface area contributed by atoms with Crippen LogP contribution >= 0.6 is 0 Å². The number of ether oxygens (including phenoxy) is 1. The van der Waals surface area contributed by atoms with Crippen LogP contribution in [0.2, 0.25) is 0 Å². The van der Waals surface area contributed by atoms with Gasteiger partial charge in [-0.2, -0.15) is 0 Å². The topological polar surface area (TPSA) is 95.9 Å². The summed E-state index contributed by atoms with van der Waals surface area (Å²) in [5.74, 6) is -0.148. The number of hydrogen-bond donors (Lipinski definition) is 3. The van der Waals surface area contributed by atoms with Crippen molar-refractivity contribution in [3.8, 4) is 0 Å². The van der Waals surface area contributed by atoms with E-state index in [2.05, 4.69) is 55.6 Å². The van der Waals surface area contributed by atoms with Crippen LogP contribution in [0.1, 0.15) is 245 Å². The summed E-state index contributed by atoms with van der Waals surface area (Å²) in [4.78, 5) is 24.4. The van der Waals surface area contributed by atoms with E-state index in [-0.39, 0.29) is 18.5 Å². The number of aliphatic hydroxyl groups excluding tert-OH is 2. The molecule has 1 amide bonds. The zero-order chi connectivity index (χ0) is 42.3. The first kappa shape index (κ1) is 55.8. The standard InChI is InChI=1S/C52H95NO5/c1-3-5-7-9-11-13-15-17-18-19-20-22-24-28-32-36-40-44-50(55)49(48-54)53-51(56)45-41-37-33-29-25-23-27-31-35-39-43-47-58-52(57)46-42-38-34-30-26-21-16-14-12-10-8-6-4-2/h8,10,14,16,27,31,40,44,49-50,54-55H,3-7,9,11-13,15,17-26,28-30,32-39,41-43,45-48H2,1-2H3,(H,53,56)/b10-8-,16-14-,31-27-,44-40+. The third-order valence-electron chi connectivity index (χ3n) is 11.0. The number of carbonyl (C=O) groups excluding carboxylic acids is 2. The van der Waals surface area contributed by atoms with Gasteiger partial charge in [-0.15, -0.1) is 0 Å². The fourth-order valence-electron chi connectivity index (χ4n) is 7.19. The molecule has 0 aliphatic rings. The third-order valence-corrected chi connectivity index (χ3v) is 11.0. The highest BCUT2D eigenvalue weighted by Crippen LogP contribution is 2.15. The van der Waals surface area contributed by atoms with Crippen molar-refractivity contribution in [1.82, 2.24) is 5.32 Å². The van der Waals surface area contributed by atoms with Gasteiger partial charge in [0.05, 0.1) is 25.4 Å². The lowest BCUT2D eigenvalue weighted by molar-refractivity contribution is -0.143. The van der Waals surface area contributed by atoms with Crippen LogP contribution in [0.4, 0.5) is 0 Å². The van der Waals surface area contributed by atoms with Gasteiger partial charge in [0.25, 0.3) is 0 Å². The summed E-state index contributed by atoms with van der Waals surface area (Å²) in [6.07, 6.45) is 58.2. The Hall–Kier alpha value is -2.18. The summed E-state index contributed by atoms with van der Waals surface area (Å²) in [6.45, 7) is 4.74. The molecule has 2 unspecified atom stereocenters. The number of aliphatic hydroxyl groups is 2. The van der Waals surface area contributed by atoms with Crippen molar-refractivity contribution < 1.29 is 24.5 Å². The van der Waals surface area contributed by atoms with Gasteiger partial charge in [-0.25, -0.2) is 0 Å². The number of esters is 1. The van der Waals surface area contributed by atoms with Gasteiger partial charge in [0.15, 0.2) is 0 Å². The molecule has 0 fully saturated rings. The Kier molecular flexibility index (Phi) is 45.7. The van der Waals surface area contributed by atoms with Gasteiger partial charge in [0, 0.05) is 12.8 Å². The van der Waals surface area contributed by atoms with Crippen LogP contribution in [-0.4, -0.2) is 47.4 Å². The first-order chi connectivity index (χ1) is 28.5. The van der Waals surface area contributed by atoms with E-state index in [0.717, 1.165) is 96.3 Å². The molecule has 0 aromatic rings. The van der Waals surface area contributed by atoms with Crippen molar-refractivity contribution in [2.45, 2.75) is 257 Å². The van der Waals surface area contributed by atoms with Gasteiger partial charge in [0.1, 0.15) is 0 Å². The fourth-order valence-corrected chi connectivity index (χ4v) is 7.19. The summed E-state index contributed by atoms with van der Waals surface area (Å²) in [5.41, 5.74) is 0. The lowest BCUT2D eigenvalue weighted by Crippen LogP contribution is -2.45. The zero-order valence-corrected chi connectivity index (χ0v) is 38.3. The van der Waals surface area contributed by atoms with Crippen molar-refractivity contribution in [2.75, 3.05) is 13.2 Å². The van der Waals surface area contributed by atoms with Crippen LogP contribution in [0.25, 0.3) is 0 Å². The molecule has 2 atom stereocenters. The van der Waals surface area contributed by atoms with E-state index >= 15 is 0 Å². The Morgan fingerprint density at radius 2 is 0.897 bits per heavy atom. The normalized spacial score (nSPS) is 13.1. The van der Waals surface area contributed by atoms with E-state index < -0.39 is 12.1 Å². The van der Waals surface area contributed by atoms with Gasteiger partial charge >= 0.3 is 5.97 Å². The molecule has 6 heteroatoms. The fraction of sp³-hybridized carbons (Fsp3) is 0.808. The van der Waals surface area contributed by atoms with E-state index in [0.29, 0.717) is 19.4 Å². The largest absolute Gasteiger partial charge is 0.466 e. The number of unbranched alkanes of at least 4 members (excludes halogenated alkanes) is 28. The van der Waals surface area contributed by atoms with Crippen LogP contribution < -0.4 is 5.32 Å². The number of nitrogens with one attached hydrogen (secondary N) is 1. The SMILES string of the molecule is CCC/C=C\C/C=C\CCCCCCCC(=O)OCCCC/C=C\CCCCCCCC(=O)NC(CO)C(O)/C=C/CCCCCCCCCCCCCCCCC. The number of rotatable bonds is 45. The molecule has 0 aromatic heterocycles. The average molecular weight is 814 g/mol. The Morgan fingerprint density at radius 3 is 1.40 bits per heavy atom. The zero-order valence-electron chi connectivity index (χ0n) is 38.3. The molecule has 0 bridgehead atoms. The molecule has 0 saturated heterocycles. The molecular formula is C52H95NO5. The van der Waals surface area contributed by atoms with Gasteiger partial charge in [-0.3, -0.25) is 9.59 Å². The summed E-state index contributed by atoms with van der Waals surface area (Å²) >= 11 is 0. The van der Waals surface area contributed by atoms with E-state index in [4.69, 9.17) is 4.74 Å². The highest BCUT2D eigenvalue weighted by atomic mass is 16.5. The lowest BCUT2D eigenvalue weighted by Gasteiger charge is -2.20. The van der Waals surface area contributed by atoms with Crippen molar-refractivity contribution >= 4 is 11.9 Å². The maximum absolute atomic E-state index is 12.4. The molecule has 0 aliphatic carbocycles. The summed E-state index contributed by atoms with van der Waals surface area (Å²) < 4.78 is 5.41. The van der Waals surface area contributed by atoms with Crippen LogP contribution in [0.15, 0.2) is 48.6 Å². The van der Waals surface area contributed by atoms with E-state index in [1.54, 1.807) is 6.08 Å². The van der Waals surface area contributed by atoms with E-state index in [1.165, 1.54) is 122 Å². The van der Waals surface area contributed by atoms with Crippen molar-refractivity contribution in [3.05, 3.63) is 48.6 Å². The van der Waals surface area contributed by atoms with Crippen molar-refractivity contribution in [1.29, 1.82) is 0 Å². The predicted octanol–water partition coefficient (Wildman–Crippen LogP) is 14.7. The maximum Gasteiger partial charge on any atom is 0.305 e. The molecule has 6 nitrogen and oxygen atoms in total. The second-order valence-corrected chi connectivity index (χ2v) is 16.8. The number of carbonyl (C=O) groups is 2. The third kappa shape index (κ3) is 43.4. The van der Waals surface area contributed by atoms with Crippen molar-refractivity contribution in [2.24, 2.45) is 0 Å². The van der Waals surface area contributed by atoms with E-state index in [1.807, 2.05) is 6.08 Å².